The number of allylic oxidation sites excluding steroid dienone is 8. The van der Waals surface area contributed by atoms with Gasteiger partial charge in [-0.15, -0.1) is 0 Å². The fourth-order valence-electron chi connectivity index (χ4n) is 8.64. The van der Waals surface area contributed by atoms with Crippen LogP contribution in [0.5, 0.6) is 0 Å². The Balaban J connectivity index is 2.18. The molecule has 380 valence electrons. The topological polar surface area (TPSA) is 149 Å². The number of aliphatic hydroxyl groups is 5. The van der Waals surface area contributed by atoms with Crippen LogP contribution < -0.4 is 5.32 Å². The molecule has 1 aliphatic rings. The standard InChI is InChI=1S/C56H103NO8/c1-3-5-7-9-11-13-15-17-18-19-20-21-22-23-24-25-26-27-28-29-30-31-32-34-35-37-39-41-43-45-50(59)49(48-64-56-55(63)54(62)53(61)51(47-58)65-56)57-52(60)46-44-42-40-38-36-33-16-14-12-10-8-6-4-2/h6,8,12,14,33,36,40,42,49-51,53-56,58-59,61-63H,3-5,7,9-11,13,15-32,34-35,37-39,41,43-48H2,1-2H3,(H,57,60)/b8-6-,14-12-,36-33-,42-40-. The second-order valence-electron chi connectivity index (χ2n) is 19.0. The number of unbranched alkanes of at least 4 members (excludes halogenated alkanes) is 28. The van der Waals surface area contributed by atoms with Gasteiger partial charge in [-0.3, -0.25) is 4.79 Å². The lowest BCUT2D eigenvalue weighted by Crippen LogP contribution is -2.60. The molecule has 7 atom stereocenters. The number of hydrogen-bond acceptors (Lipinski definition) is 8. The number of carbonyl (C=O) groups is 1. The number of nitrogens with one attached hydrogen (secondary N) is 1. The first kappa shape index (κ1) is 61.2. The molecule has 65 heavy (non-hydrogen) atoms. The van der Waals surface area contributed by atoms with E-state index in [0.29, 0.717) is 12.8 Å². The maximum absolute atomic E-state index is 13.0. The van der Waals surface area contributed by atoms with Crippen molar-refractivity contribution in [2.24, 2.45) is 0 Å². The Kier molecular flexibility index (Phi) is 43.2. The lowest BCUT2D eigenvalue weighted by atomic mass is 9.99. The number of carbonyl (C=O) groups excluding carboxylic acids is 1. The van der Waals surface area contributed by atoms with Gasteiger partial charge in [0.25, 0.3) is 0 Å². The summed E-state index contributed by atoms with van der Waals surface area (Å²) in [5.41, 5.74) is 0. The van der Waals surface area contributed by atoms with Gasteiger partial charge in [0.15, 0.2) is 6.29 Å². The van der Waals surface area contributed by atoms with E-state index in [0.717, 1.165) is 44.9 Å². The van der Waals surface area contributed by atoms with Crippen molar-refractivity contribution in [1.82, 2.24) is 5.32 Å². The predicted molar refractivity (Wildman–Crippen MR) is 272 cm³/mol. The molecular weight excluding hydrogens is 815 g/mol. The molecule has 0 aromatic heterocycles. The van der Waals surface area contributed by atoms with E-state index >= 15 is 0 Å². The summed E-state index contributed by atoms with van der Waals surface area (Å²) in [6, 6.07) is -0.758. The fourth-order valence-corrected chi connectivity index (χ4v) is 8.64. The molecule has 9 nitrogen and oxygen atoms in total. The van der Waals surface area contributed by atoms with Crippen LogP contribution >= 0.6 is 0 Å². The minimum atomic E-state index is -1.57. The van der Waals surface area contributed by atoms with Crippen molar-refractivity contribution in [1.29, 1.82) is 0 Å². The van der Waals surface area contributed by atoms with Crippen LogP contribution in [-0.4, -0.2) is 87.5 Å². The Morgan fingerprint density at radius 1 is 0.538 bits per heavy atom. The first-order valence-electron chi connectivity index (χ1n) is 27.3. The van der Waals surface area contributed by atoms with Gasteiger partial charge in [-0.1, -0.05) is 249 Å². The molecule has 0 radical (unpaired) electrons. The second kappa shape index (κ2) is 45.9. The Bertz CT molecular complexity index is 1160. The molecule has 9 heteroatoms. The average Bonchev–Trinajstić information content (AvgIpc) is 3.31. The normalized spacial score (nSPS) is 20.3. The van der Waals surface area contributed by atoms with Crippen molar-refractivity contribution in [3.8, 4) is 0 Å². The molecule has 0 spiro atoms. The molecule has 1 amide bonds. The predicted octanol–water partition coefficient (Wildman–Crippen LogP) is 13.0. The summed E-state index contributed by atoms with van der Waals surface area (Å²) in [5.74, 6) is -0.223. The summed E-state index contributed by atoms with van der Waals surface area (Å²) in [4.78, 5) is 13.0. The van der Waals surface area contributed by atoms with Gasteiger partial charge in [0.1, 0.15) is 24.4 Å². The molecule has 1 rings (SSSR count). The SMILES string of the molecule is CC/C=C\C/C=C\C/C=C\C/C=C\CCC(=O)NC(COC1OC(CO)C(O)C(O)C1O)C(O)CCCCCCCCCCCCCCCCCCCCCCCCCCCCCCC. The van der Waals surface area contributed by atoms with Crippen molar-refractivity contribution in [3.63, 3.8) is 0 Å². The van der Waals surface area contributed by atoms with Gasteiger partial charge < -0.3 is 40.3 Å². The van der Waals surface area contributed by atoms with Gasteiger partial charge in [-0.05, 0) is 38.5 Å². The Morgan fingerprint density at radius 2 is 0.923 bits per heavy atom. The second-order valence-corrected chi connectivity index (χ2v) is 19.0. The van der Waals surface area contributed by atoms with Crippen molar-refractivity contribution in [2.75, 3.05) is 13.2 Å². The Labute approximate surface area is 399 Å². The van der Waals surface area contributed by atoms with Crippen LogP contribution in [0.3, 0.4) is 0 Å². The van der Waals surface area contributed by atoms with Crippen LogP contribution in [0.15, 0.2) is 48.6 Å². The highest BCUT2D eigenvalue weighted by Crippen LogP contribution is 2.23. The molecule has 1 heterocycles. The van der Waals surface area contributed by atoms with Gasteiger partial charge in [0.05, 0.1) is 25.4 Å². The molecule has 0 bridgehead atoms. The maximum atomic E-state index is 13.0. The van der Waals surface area contributed by atoms with Gasteiger partial charge in [-0.25, -0.2) is 0 Å². The first-order valence-corrected chi connectivity index (χ1v) is 27.3. The third-order valence-electron chi connectivity index (χ3n) is 13.0. The zero-order valence-corrected chi connectivity index (χ0v) is 42.0. The molecule has 1 aliphatic heterocycles. The van der Waals surface area contributed by atoms with Gasteiger partial charge in [-0.2, -0.15) is 0 Å². The van der Waals surface area contributed by atoms with E-state index in [2.05, 4.69) is 55.6 Å². The minimum Gasteiger partial charge on any atom is -0.394 e. The average molecular weight is 918 g/mol. The van der Waals surface area contributed by atoms with Crippen LogP contribution in [0.25, 0.3) is 0 Å². The molecule has 0 saturated carbocycles. The lowest BCUT2D eigenvalue weighted by molar-refractivity contribution is -0.302. The van der Waals surface area contributed by atoms with E-state index in [1.54, 1.807) is 0 Å². The number of hydrogen-bond donors (Lipinski definition) is 6. The smallest absolute Gasteiger partial charge is 0.220 e. The van der Waals surface area contributed by atoms with E-state index in [4.69, 9.17) is 9.47 Å². The van der Waals surface area contributed by atoms with Crippen LogP contribution in [-0.2, 0) is 14.3 Å². The highest BCUT2D eigenvalue weighted by atomic mass is 16.7. The number of aliphatic hydroxyl groups excluding tert-OH is 5. The first-order chi connectivity index (χ1) is 31.8. The maximum Gasteiger partial charge on any atom is 0.220 e. The van der Waals surface area contributed by atoms with Crippen LogP contribution in [0.4, 0.5) is 0 Å². The summed E-state index contributed by atoms with van der Waals surface area (Å²) >= 11 is 0. The highest BCUT2D eigenvalue weighted by Gasteiger charge is 2.44. The van der Waals surface area contributed by atoms with Crippen molar-refractivity contribution < 1.29 is 39.8 Å². The summed E-state index contributed by atoms with van der Waals surface area (Å²) in [6.45, 7) is 3.69. The molecular formula is C56H103NO8. The fraction of sp³-hybridized carbons (Fsp3) is 0.839. The van der Waals surface area contributed by atoms with Gasteiger partial charge in [0, 0.05) is 6.42 Å². The minimum absolute atomic E-state index is 0.168. The highest BCUT2D eigenvalue weighted by molar-refractivity contribution is 5.76. The summed E-state index contributed by atoms with van der Waals surface area (Å²) < 4.78 is 11.3. The molecule has 0 aromatic carbocycles. The van der Waals surface area contributed by atoms with Gasteiger partial charge >= 0.3 is 0 Å². The van der Waals surface area contributed by atoms with Crippen molar-refractivity contribution in [2.45, 2.75) is 288 Å². The van der Waals surface area contributed by atoms with E-state index in [1.165, 1.54) is 167 Å². The monoisotopic (exact) mass is 918 g/mol. The van der Waals surface area contributed by atoms with Crippen molar-refractivity contribution >= 4 is 5.91 Å². The molecule has 7 unspecified atom stereocenters. The number of rotatable bonds is 46. The van der Waals surface area contributed by atoms with E-state index in [1.807, 2.05) is 12.2 Å². The number of ether oxygens (including phenoxy) is 2. The number of amides is 1. The van der Waals surface area contributed by atoms with Crippen LogP contribution in [0, 0.1) is 0 Å². The largest absolute Gasteiger partial charge is 0.394 e. The van der Waals surface area contributed by atoms with Crippen molar-refractivity contribution in [3.05, 3.63) is 48.6 Å². The molecule has 6 N–H and O–H groups in total. The zero-order chi connectivity index (χ0) is 47.3. The molecule has 1 saturated heterocycles. The lowest BCUT2D eigenvalue weighted by Gasteiger charge is -2.40. The Morgan fingerprint density at radius 3 is 1.32 bits per heavy atom. The van der Waals surface area contributed by atoms with E-state index in [9.17, 15) is 30.3 Å². The third-order valence-corrected chi connectivity index (χ3v) is 13.0. The third kappa shape index (κ3) is 35.9. The quantitative estimate of drug-likeness (QED) is 0.0261. The molecule has 1 fully saturated rings. The van der Waals surface area contributed by atoms with E-state index < -0.39 is 49.5 Å². The summed E-state index contributed by atoms with van der Waals surface area (Å²) in [6.07, 6.45) is 53.2. The van der Waals surface area contributed by atoms with Gasteiger partial charge in [0.2, 0.25) is 5.91 Å². The molecule has 0 aromatic rings. The van der Waals surface area contributed by atoms with Crippen LogP contribution in [0.2, 0.25) is 0 Å². The Hall–Kier alpha value is -1.85. The summed E-state index contributed by atoms with van der Waals surface area (Å²) in [5, 5.41) is 54.4. The summed E-state index contributed by atoms with van der Waals surface area (Å²) in [7, 11) is 0. The molecule has 0 aliphatic carbocycles. The van der Waals surface area contributed by atoms with Crippen LogP contribution in [0.1, 0.15) is 245 Å². The zero-order valence-electron chi connectivity index (χ0n) is 42.0. The van der Waals surface area contributed by atoms with E-state index in [-0.39, 0.29) is 18.9 Å².